The van der Waals surface area contributed by atoms with E-state index < -0.39 is 0 Å². The highest BCUT2D eigenvalue weighted by Crippen LogP contribution is 1.99. The molecule has 0 spiro atoms. The van der Waals surface area contributed by atoms with Crippen LogP contribution in [0.5, 0.6) is 0 Å². The van der Waals surface area contributed by atoms with Crippen molar-refractivity contribution in [2.75, 3.05) is 26.2 Å². The van der Waals surface area contributed by atoms with Gasteiger partial charge in [-0.1, -0.05) is 20.8 Å². The molecule has 0 unspecified atom stereocenters. The van der Waals surface area contributed by atoms with Crippen molar-refractivity contribution in [1.82, 2.24) is 4.90 Å². The van der Waals surface area contributed by atoms with Gasteiger partial charge < -0.3 is 15.4 Å². The average molecular weight is 202 g/mol. The summed E-state index contributed by atoms with van der Waals surface area (Å²) >= 11 is 0. The molecule has 0 saturated heterocycles. The van der Waals surface area contributed by atoms with E-state index in [0.29, 0.717) is 32.2 Å². The van der Waals surface area contributed by atoms with Gasteiger partial charge in [0.2, 0.25) is 0 Å². The molecule has 2 N–H and O–H groups in total. The van der Waals surface area contributed by atoms with Crippen LogP contribution in [0.15, 0.2) is 0 Å². The number of amides is 1. The minimum Gasteiger partial charge on any atom is -0.449 e. The maximum absolute atomic E-state index is 11.5. The Morgan fingerprint density at radius 1 is 1.43 bits per heavy atom. The fourth-order valence-electron chi connectivity index (χ4n) is 1.05. The summed E-state index contributed by atoms with van der Waals surface area (Å²) in [5.41, 5.74) is 5.40. The van der Waals surface area contributed by atoms with Crippen LogP contribution in [0.25, 0.3) is 0 Å². The predicted octanol–water partition coefficient (Wildman–Crippen LogP) is 1.45. The molecule has 0 aliphatic carbocycles. The third-order valence-electron chi connectivity index (χ3n) is 1.69. The van der Waals surface area contributed by atoms with Crippen LogP contribution >= 0.6 is 0 Å². The maximum atomic E-state index is 11.5. The van der Waals surface area contributed by atoms with Crippen molar-refractivity contribution < 1.29 is 9.53 Å². The Hall–Kier alpha value is -0.770. The Balaban J connectivity index is 3.88. The van der Waals surface area contributed by atoms with Crippen LogP contribution in [0.4, 0.5) is 4.79 Å². The van der Waals surface area contributed by atoms with E-state index in [4.69, 9.17) is 10.5 Å². The molecule has 0 bridgehead atoms. The molecular formula is C10H22N2O2. The van der Waals surface area contributed by atoms with Crippen molar-refractivity contribution in [1.29, 1.82) is 0 Å². The summed E-state index contributed by atoms with van der Waals surface area (Å²) in [6, 6.07) is 0. The van der Waals surface area contributed by atoms with E-state index in [1.807, 2.05) is 20.8 Å². The van der Waals surface area contributed by atoms with E-state index in [9.17, 15) is 4.79 Å². The van der Waals surface area contributed by atoms with Crippen LogP contribution in [-0.4, -0.2) is 37.2 Å². The number of nitrogens with zero attached hydrogens (tertiary/aromatic N) is 1. The zero-order valence-corrected chi connectivity index (χ0v) is 9.45. The molecule has 0 rings (SSSR count). The number of hydrogen-bond donors (Lipinski definition) is 1. The van der Waals surface area contributed by atoms with E-state index in [0.717, 1.165) is 6.42 Å². The summed E-state index contributed by atoms with van der Waals surface area (Å²) in [7, 11) is 0. The van der Waals surface area contributed by atoms with Crippen LogP contribution in [0.1, 0.15) is 27.2 Å². The van der Waals surface area contributed by atoms with Gasteiger partial charge in [-0.05, 0) is 12.3 Å². The quantitative estimate of drug-likeness (QED) is 0.709. The van der Waals surface area contributed by atoms with E-state index in [-0.39, 0.29) is 6.09 Å². The maximum Gasteiger partial charge on any atom is 0.409 e. The Labute approximate surface area is 86.4 Å². The highest BCUT2D eigenvalue weighted by Gasteiger charge is 2.13. The largest absolute Gasteiger partial charge is 0.449 e. The van der Waals surface area contributed by atoms with Crippen molar-refractivity contribution in [3.8, 4) is 0 Å². The second-order valence-electron chi connectivity index (χ2n) is 3.75. The summed E-state index contributed by atoms with van der Waals surface area (Å²) in [4.78, 5) is 13.1. The fraction of sp³-hybridized carbons (Fsp3) is 0.900. The molecular weight excluding hydrogens is 180 g/mol. The van der Waals surface area contributed by atoms with Crippen molar-refractivity contribution in [3.05, 3.63) is 0 Å². The second-order valence-corrected chi connectivity index (χ2v) is 3.75. The topological polar surface area (TPSA) is 55.6 Å². The molecule has 0 aliphatic heterocycles. The number of nitrogens with two attached hydrogens (primary N) is 1. The first kappa shape index (κ1) is 13.2. The number of hydrogen-bond acceptors (Lipinski definition) is 3. The molecule has 0 aromatic carbocycles. The monoisotopic (exact) mass is 202 g/mol. The van der Waals surface area contributed by atoms with Gasteiger partial charge in [-0.15, -0.1) is 0 Å². The smallest absolute Gasteiger partial charge is 0.409 e. The van der Waals surface area contributed by atoms with Crippen LogP contribution in [0.2, 0.25) is 0 Å². The summed E-state index contributed by atoms with van der Waals surface area (Å²) < 4.78 is 5.10. The number of ether oxygens (including phenoxy) is 1. The molecule has 0 atom stereocenters. The lowest BCUT2D eigenvalue weighted by molar-refractivity contribution is 0.0929. The summed E-state index contributed by atoms with van der Waals surface area (Å²) in [6.07, 6.45) is 0.683. The van der Waals surface area contributed by atoms with E-state index >= 15 is 0 Å². The zero-order chi connectivity index (χ0) is 11.0. The number of carbonyl (C=O) groups excluding carboxylic acids is 1. The van der Waals surface area contributed by atoms with Crippen molar-refractivity contribution in [3.63, 3.8) is 0 Å². The standard InChI is InChI=1S/C10H22N2O2/c1-4-6-12(7-5-11)10(13)14-8-9(2)3/h9H,4-8,11H2,1-3H3. The Morgan fingerprint density at radius 3 is 2.50 bits per heavy atom. The van der Waals surface area contributed by atoms with Gasteiger partial charge in [0.1, 0.15) is 0 Å². The Morgan fingerprint density at radius 2 is 2.07 bits per heavy atom. The van der Waals surface area contributed by atoms with Crippen LogP contribution in [0, 0.1) is 5.92 Å². The van der Waals surface area contributed by atoms with Crippen LogP contribution in [-0.2, 0) is 4.74 Å². The van der Waals surface area contributed by atoms with Gasteiger partial charge in [0, 0.05) is 19.6 Å². The number of rotatable bonds is 6. The third kappa shape index (κ3) is 5.80. The highest BCUT2D eigenvalue weighted by molar-refractivity contribution is 5.67. The van der Waals surface area contributed by atoms with Gasteiger partial charge in [0.05, 0.1) is 6.61 Å². The lowest BCUT2D eigenvalue weighted by Gasteiger charge is -2.21. The molecule has 0 fully saturated rings. The van der Waals surface area contributed by atoms with E-state index in [1.165, 1.54) is 0 Å². The molecule has 1 amide bonds. The lowest BCUT2D eigenvalue weighted by Crippen LogP contribution is -2.36. The SMILES string of the molecule is CCCN(CCN)C(=O)OCC(C)C. The summed E-state index contributed by atoms with van der Waals surface area (Å²) in [5, 5.41) is 0. The first-order valence-electron chi connectivity index (χ1n) is 5.23. The minimum absolute atomic E-state index is 0.244. The van der Waals surface area contributed by atoms with E-state index in [2.05, 4.69) is 0 Å². The predicted molar refractivity (Wildman–Crippen MR) is 57.1 cm³/mol. The van der Waals surface area contributed by atoms with Crippen LogP contribution in [0.3, 0.4) is 0 Å². The zero-order valence-electron chi connectivity index (χ0n) is 9.45. The van der Waals surface area contributed by atoms with Crippen molar-refractivity contribution in [2.45, 2.75) is 27.2 Å². The molecule has 0 saturated carbocycles. The normalized spacial score (nSPS) is 10.4. The first-order valence-corrected chi connectivity index (χ1v) is 5.23. The minimum atomic E-state index is -0.244. The van der Waals surface area contributed by atoms with Gasteiger partial charge >= 0.3 is 6.09 Å². The lowest BCUT2D eigenvalue weighted by atomic mass is 10.2. The molecule has 14 heavy (non-hydrogen) atoms. The van der Waals surface area contributed by atoms with Gasteiger partial charge in [-0.25, -0.2) is 4.79 Å². The molecule has 84 valence electrons. The second kappa shape index (κ2) is 7.62. The Bertz CT molecular complexity index is 154. The molecule has 4 nitrogen and oxygen atoms in total. The van der Waals surface area contributed by atoms with Crippen molar-refractivity contribution in [2.24, 2.45) is 11.7 Å². The number of carbonyl (C=O) groups is 1. The molecule has 0 aromatic heterocycles. The average Bonchev–Trinajstić information content (AvgIpc) is 2.14. The molecule has 0 heterocycles. The van der Waals surface area contributed by atoms with Gasteiger partial charge in [-0.2, -0.15) is 0 Å². The molecule has 0 aromatic rings. The molecule has 0 radical (unpaired) electrons. The molecule has 0 aliphatic rings. The highest BCUT2D eigenvalue weighted by atomic mass is 16.6. The third-order valence-corrected chi connectivity index (χ3v) is 1.69. The van der Waals surface area contributed by atoms with Gasteiger partial charge in [-0.3, -0.25) is 0 Å². The fourth-order valence-corrected chi connectivity index (χ4v) is 1.05. The first-order chi connectivity index (χ1) is 6.61. The Kier molecular flexibility index (Phi) is 7.20. The van der Waals surface area contributed by atoms with Crippen LogP contribution < -0.4 is 5.73 Å². The van der Waals surface area contributed by atoms with Gasteiger partial charge in [0.15, 0.2) is 0 Å². The summed E-state index contributed by atoms with van der Waals surface area (Å²) in [5.74, 6) is 0.375. The van der Waals surface area contributed by atoms with Crippen molar-refractivity contribution >= 4 is 6.09 Å². The summed E-state index contributed by atoms with van der Waals surface area (Å²) in [6.45, 7) is 8.30. The molecule has 4 heteroatoms. The van der Waals surface area contributed by atoms with Gasteiger partial charge in [0.25, 0.3) is 0 Å². The van der Waals surface area contributed by atoms with E-state index in [1.54, 1.807) is 4.90 Å².